The van der Waals surface area contributed by atoms with Gasteiger partial charge in [-0.3, -0.25) is 4.79 Å². The van der Waals surface area contributed by atoms with Crippen LogP contribution < -0.4 is 11.1 Å². The van der Waals surface area contributed by atoms with Crippen molar-refractivity contribution < 1.29 is 14.3 Å². The molecule has 3 N–H and O–H groups in total. The largest absolute Gasteiger partial charge is 0.465 e. The van der Waals surface area contributed by atoms with E-state index in [0.717, 1.165) is 66.4 Å². The molecule has 192 valence electrons. The first kappa shape index (κ1) is 25.2. The Morgan fingerprint density at radius 2 is 1.86 bits per heavy atom. The van der Waals surface area contributed by atoms with Gasteiger partial charge in [0.1, 0.15) is 14.7 Å². The van der Waals surface area contributed by atoms with Crippen LogP contribution in [-0.4, -0.2) is 24.0 Å². The highest BCUT2D eigenvalue weighted by atomic mass is 32.1. The topological polar surface area (TPSA) is 94.3 Å². The number of methoxy groups -OCH3 is 1. The predicted octanol–water partition coefficient (Wildman–Crippen LogP) is 6.79. The van der Waals surface area contributed by atoms with Crippen LogP contribution >= 0.6 is 22.7 Å². The highest BCUT2D eigenvalue weighted by Crippen LogP contribution is 2.45. The Morgan fingerprint density at radius 3 is 2.58 bits per heavy atom. The number of pyridine rings is 1. The second-order valence-electron chi connectivity index (χ2n) is 11.2. The highest BCUT2D eigenvalue weighted by Gasteiger charge is 2.34. The van der Waals surface area contributed by atoms with Crippen LogP contribution in [0.2, 0.25) is 0 Å². The van der Waals surface area contributed by atoms with Gasteiger partial charge < -0.3 is 15.8 Å². The number of carbonyl (C=O) groups excluding carboxylic acids is 2. The van der Waals surface area contributed by atoms with Gasteiger partial charge in [-0.25, -0.2) is 9.78 Å². The van der Waals surface area contributed by atoms with E-state index >= 15 is 0 Å². The van der Waals surface area contributed by atoms with Crippen LogP contribution in [-0.2, 0) is 30.4 Å². The number of fused-ring (bicyclic) bond motifs is 3. The van der Waals surface area contributed by atoms with Crippen molar-refractivity contribution >= 4 is 55.5 Å². The van der Waals surface area contributed by atoms with Gasteiger partial charge in [-0.2, -0.15) is 0 Å². The number of thiophene rings is 2. The van der Waals surface area contributed by atoms with Gasteiger partial charge in [0.15, 0.2) is 0 Å². The number of carbonyl (C=O) groups is 2. The highest BCUT2D eigenvalue weighted by molar-refractivity contribution is 7.21. The molecule has 1 amide bonds. The number of aryl methyl sites for hydroxylation is 2. The lowest BCUT2D eigenvalue weighted by Crippen LogP contribution is -2.26. The molecule has 3 heterocycles. The van der Waals surface area contributed by atoms with Crippen LogP contribution in [0.5, 0.6) is 0 Å². The molecule has 1 atom stereocenters. The number of amides is 1. The summed E-state index contributed by atoms with van der Waals surface area (Å²) in [6.07, 6.45) is 9.51. The fourth-order valence-corrected chi connectivity index (χ4v) is 7.87. The number of esters is 1. The number of aromatic nitrogens is 1. The van der Waals surface area contributed by atoms with Gasteiger partial charge in [-0.1, -0.05) is 33.6 Å². The van der Waals surface area contributed by atoms with E-state index in [1.165, 1.54) is 53.1 Å². The summed E-state index contributed by atoms with van der Waals surface area (Å²) in [6, 6.07) is 2.14. The molecule has 6 nitrogen and oxygen atoms in total. The number of nitrogens with one attached hydrogen (secondary N) is 1. The van der Waals surface area contributed by atoms with Crippen molar-refractivity contribution in [3.8, 4) is 0 Å². The number of nitrogen functional groups attached to an aromatic ring is 1. The number of hydrogen-bond donors (Lipinski definition) is 2. The smallest absolute Gasteiger partial charge is 0.341 e. The van der Waals surface area contributed by atoms with Gasteiger partial charge in [0, 0.05) is 16.0 Å². The summed E-state index contributed by atoms with van der Waals surface area (Å²) in [4.78, 5) is 33.6. The third-order valence-electron chi connectivity index (χ3n) is 7.81. The monoisotopic (exact) mass is 525 g/mol. The van der Waals surface area contributed by atoms with Crippen LogP contribution in [0.3, 0.4) is 0 Å². The lowest BCUT2D eigenvalue weighted by Gasteiger charge is -2.33. The normalized spacial score (nSPS) is 18.2. The lowest BCUT2D eigenvalue weighted by molar-refractivity contribution is 0.0600. The first-order chi connectivity index (χ1) is 17.2. The Bertz CT molecular complexity index is 1330. The van der Waals surface area contributed by atoms with Gasteiger partial charge in [0.2, 0.25) is 0 Å². The Labute approximate surface area is 220 Å². The molecule has 2 aliphatic carbocycles. The molecule has 2 aliphatic rings. The van der Waals surface area contributed by atoms with Gasteiger partial charge in [-0.05, 0) is 73.5 Å². The Kier molecular flexibility index (Phi) is 6.85. The minimum absolute atomic E-state index is 0.187. The second-order valence-corrected chi connectivity index (χ2v) is 13.3. The van der Waals surface area contributed by atoms with Crippen molar-refractivity contribution in [2.24, 2.45) is 11.3 Å². The fraction of sp³-hybridized carbons (Fsp3) is 0.536. The Balaban J connectivity index is 1.48. The maximum absolute atomic E-state index is 13.5. The zero-order chi connectivity index (χ0) is 25.6. The maximum Gasteiger partial charge on any atom is 0.341 e. The SMILES string of the molecule is COC(=O)c1c(NC(=O)c2sc3nc4c(cc3c2N)CCCCCC4)sc2c1CCC(C(C)(C)C)C2. The number of anilines is 2. The van der Waals surface area contributed by atoms with Crippen LogP contribution in [0, 0.1) is 11.3 Å². The predicted molar refractivity (Wildman–Crippen MR) is 148 cm³/mol. The van der Waals surface area contributed by atoms with E-state index in [9.17, 15) is 9.59 Å². The summed E-state index contributed by atoms with van der Waals surface area (Å²) >= 11 is 2.84. The summed E-state index contributed by atoms with van der Waals surface area (Å²) in [6.45, 7) is 6.79. The van der Waals surface area contributed by atoms with Crippen molar-refractivity contribution in [1.29, 1.82) is 0 Å². The quantitative estimate of drug-likeness (QED) is 0.367. The zero-order valence-electron chi connectivity index (χ0n) is 21.6. The first-order valence-corrected chi connectivity index (χ1v) is 14.6. The zero-order valence-corrected chi connectivity index (χ0v) is 23.2. The molecule has 0 fully saturated rings. The molecule has 0 radical (unpaired) electrons. The summed E-state index contributed by atoms with van der Waals surface area (Å²) < 4.78 is 5.12. The molecule has 0 aliphatic heterocycles. The molecule has 0 spiro atoms. The number of nitrogens with two attached hydrogens (primary N) is 1. The molecule has 0 bridgehead atoms. The van der Waals surface area contributed by atoms with Gasteiger partial charge in [0.25, 0.3) is 5.91 Å². The van der Waals surface area contributed by atoms with Crippen LogP contribution in [0.25, 0.3) is 10.2 Å². The van der Waals surface area contributed by atoms with Crippen molar-refractivity contribution in [1.82, 2.24) is 4.98 Å². The Hall–Kier alpha value is -2.45. The molecule has 0 aromatic carbocycles. The van der Waals surface area contributed by atoms with Crippen LogP contribution in [0.1, 0.15) is 94.6 Å². The fourth-order valence-electron chi connectivity index (χ4n) is 5.57. The number of hydrogen-bond acceptors (Lipinski definition) is 7. The van der Waals surface area contributed by atoms with E-state index in [1.54, 1.807) is 0 Å². The summed E-state index contributed by atoms with van der Waals surface area (Å²) in [7, 11) is 1.39. The van der Waals surface area contributed by atoms with E-state index in [2.05, 4.69) is 32.2 Å². The molecule has 36 heavy (non-hydrogen) atoms. The minimum Gasteiger partial charge on any atom is -0.465 e. The van der Waals surface area contributed by atoms with Crippen molar-refractivity contribution in [2.75, 3.05) is 18.2 Å². The van der Waals surface area contributed by atoms with E-state index < -0.39 is 5.97 Å². The molecule has 0 saturated carbocycles. The van der Waals surface area contributed by atoms with Gasteiger partial charge in [0.05, 0.1) is 18.4 Å². The first-order valence-electron chi connectivity index (χ1n) is 12.9. The second kappa shape index (κ2) is 9.78. The molecule has 8 heteroatoms. The van der Waals surface area contributed by atoms with E-state index in [-0.39, 0.29) is 11.3 Å². The van der Waals surface area contributed by atoms with Crippen molar-refractivity contribution in [2.45, 2.75) is 78.6 Å². The average molecular weight is 526 g/mol. The molecular weight excluding hydrogens is 490 g/mol. The maximum atomic E-state index is 13.5. The van der Waals surface area contributed by atoms with E-state index in [0.29, 0.717) is 27.0 Å². The lowest BCUT2D eigenvalue weighted by atomic mass is 9.72. The molecular formula is C28H35N3O3S2. The number of nitrogens with zero attached hydrogens (tertiary/aromatic N) is 1. The van der Waals surface area contributed by atoms with Crippen molar-refractivity contribution in [3.63, 3.8) is 0 Å². The minimum atomic E-state index is -0.400. The van der Waals surface area contributed by atoms with Gasteiger partial charge >= 0.3 is 5.97 Å². The molecule has 5 rings (SSSR count). The van der Waals surface area contributed by atoms with E-state index in [4.69, 9.17) is 15.5 Å². The Morgan fingerprint density at radius 1 is 1.11 bits per heavy atom. The van der Waals surface area contributed by atoms with E-state index in [1.807, 2.05) is 0 Å². The molecule has 1 unspecified atom stereocenters. The number of ether oxygens (including phenoxy) is 1. The van der Waals surface area contributed by atoms with Crippen LogP contribution in [0.15, 0.2) is 6.07 Å². The van der Waals surface area contributed by atoms with Crippen LogP contribution in [0.4, 0.5) is 10.7 Å². The number of rotatable bonds is 3. The summed E-state index contributed by atoms with van der Waals surface area (Å²) in [5.74, 6) is -0.164. The third-order valence-corrected chi connectivity index (χ3v) is 10.1. The third kappa shape index (κ3) is 4.65. The molecule has 0 saturated heterocycles. The average Bonchev–Trinajstić information content (AvgIpc) is 3.34. The summed E-state index contributed by atoms with van der Waals surface area (Å²) in [5, 5.41) is 4.44. The summed E-state index contributed by atoms with van der Waals surface area (Å²) in [5.41, 5.74) is 11.1. The standard InChI is InChI=1S/C28H35N3O3S2/c1-28(2,3)16-11-12-17-20(14-16)35-26(21(17)27(33)34-4)31-24(32)23-22(29)18-13-15-9-7-5-6-8-10-19(15)30-25(18)36-23/h13,16H,5-12,14,29H2,1-4H3,(H,31,32). The molecule has 3 aromatic heterocycles. The van der Waals surface area contributed by atoms with Crippen molar-refractivity contribution in [3.05, 3.63) is 38.2 Å². The van der Waals surface area contributed by atoms with Gasteiger partial charge in [-0.15, -0.1) is 22.7 Å². The molecule has 3 aromatic rings.